The van der Waals surface area contributed by atoms with E-state index in [2.05, 4.69) is 54.6 Å². The number of pyridine rings is 2. The van der Waals surface area contributed by atoms with Gasteiger partial charge in [0.05, 0.1) is 30.3 Å². The van der Waals surface area contributed by atoms with E-state index in [1.54, 1.807) is 32.2 Å². The van der Waals surface area contributed by atoms with Gasteiger partial charge in [-0.05, 0) is 52.0 Å². The Labute approximate surface area is 207 Å². The number of hydrogen-bond acceptors (Lipinski definition) is 10. The Morgan fingerprint density at radius 2 is 1.89 bits per heavy atom. The highest BCUT2D eigenvalue weighted by Crippen LogP contribution is 2.33. The van der Waals surface area contributed by atoms with Crippen LogP contribution in [-0.2, 0) is 9.53 Å². The standard InChI is InChI=1S/C24H27FN8O3/c1-23(2)13-33(9-10-35-23)18-8-5-14(11-26-18)28-22-27-12-15(25)19(32-22)29-17-7-6-16-20(30-17)31-21(34)24(3,4)36-16/h5-8,11-12H,9-10,13H2,1-4H3,(H3,27,28,29,30,31,32,34). The van der Waals surface area contributed by atoms with Crippen molar-refractivity contribution in [3.8, 4) is 5.75 Å². The summed E-state index contributed by atoms with van der Waals surface area (Å²) in [5, 5.41) is 8.56. The quantitative estimate of drug-likeness (QED) is 0.484. The topological polar surface area (TPSA) is 126 Å². The van der Waals surface area contributed by atoms with Crippen molar-refractivity contribution in [2.24, 2.45) is 0 Å². The van der Waals surface area contributed by atoms with Crippen molar-refractivity contribution < 1.29 is 18.7 Å². The molecule has 3 N–H and O–H groups in total. The second kappa shape index (κ2) is 8.86. The number of nitrogens with zero attached hydrogens (tertiary/aromatic N) is 5. The van der Waals surface area contributed by atoms with Crippen molar-refractivity contribution in [3.63, 3.8) is 0 Å². The molecule has 0 radical (unpaired) electrons. The average molecular weight is 495 g/mol. The monoisotopic (exact) mass is 494 g/mol. The molecule has 36 heavy (non-hydrogen) atoms. The summed E-state index contributed by atoms with van der Waals surface area (Å²) < 4.78 is 25.9. The maximum absolute atomic E-state index is 14.5. The van der Waals surface area contributed by atoms with Gasteiger partial charge in [-0.2, -0.15) is 4.98 Å². The summed E-state index contributed by atoms with van der Waals surface area (Å²) in [6.45, 7) is 9.58. The number of aromatic nitrogens is 4. The molecule has 0 aliphatic carbocycles. The lowest BCUT2D eigenvalue weighted by Gasteiger charge is -2.38. The van der Waals surface area contributed by atoms with Gasteiger partial charge < -0.3 is 30.3 Å². The molecule has 0 spiro atoms. The summed E-state index contributed by atoms with van der Waals surface area (Å²) in [6.07, 6.45) is 2.73. The maximum Gasteiger partial charge on any atom is 0.269 e. The minimum atomic E-state index is -1.01. The Morgan fingerprint density at radius 1 is 1.06 bits per heavy atom. The van der Waals surface area contributed by atoms with Gasteiger partial charge in [0.25, 0.3) is 5.91 Å². The lowest BCUT2D eigenvalue weighted by molar-refractivity contribution is -0.129. The zero-order chi connectivity index (χ0) is 25.5. The van der Waals surface area contributed by atoms with Crippen LogP contribution in [0.15, 0.2) is 36.7 Å². The van der Waals surface area contributed by atoms with E-state index in [0.29, 0.717) is 18.0 Å². The molecule has 11 nitrogen and oxygen atoms in total. The summed E-state index contributed by atoms with van der Waals surface area (Å²) in [4.78, 5) is 31.4. The molecule has 3 aromatic rings. The predicted octanol–water partition coefficient (Wildman–Crippen LogP) is 3.62. The Bertz CT molecular complexity index is 1300. The van der Waals surface area contributed by atoms with Gasteiger partial charge in [0.1, 0.15) is 11.6 Å². The van der Waals surface area contributed by atoms with Crippen LogP contribution < -0.4 is 25.6 Å². The lowest BCUT2D eigenvalue weighted by Crippen LogP contribution is -2.48. The molecule has 3 aromatic heterocycles. The molecular weight excluding hydrogens is 467 g/mol. The number of anilines is 6. The van der Waals surface area contributed by atoms with Crippen LogP contribution in [0, 0.1) is 5.82 Å². The SMILES string of the molecule is CC1(C)CN(c2ccc(Nc3ncc(F)c(Nc4ccc5c(n4)NC(=O)C(C)(C)O5)n3)cn2)CCO1. The molecule has 2 aliphatic heterocycles. The Hall–Kier alpha value is -4.06. The number of amides is 1. The van der Waals surface area contributed by atoms with Crippen LogP contribution in [0.4, 0.5) is 39.3 Å². The lowest BCUT2D eigenvalue weighted by atomic mass is 10.1. The highest BCUT2D eigenvalue weighted by Gasteiger charge is 2.36. The largest absolute Gasteiger partial charge is 0.474 e. The molecule has 0 saturated carbocycles. The third kappa shape index (κ3) is 4.98. The van der Waals surface area contributed by atoms with Crippen LogP contribution in [0.25, 0.3) is 0 Å². The van der Waals surface area contributed by atoms with Crippen molar-refractivity contribution in [2.75, 3.05) is 40.5 Å². The highest BCUT2D eigenvalue weighted by atomic mass is 19.1. The molecule has 5 rings (SSSR count). The van der Waals surface area contributed by atoms with Gasteiger partial charge in [-0.25, -0.2) is 19.3 Å². The van der Waals surface area contributed by atoms with E-state index in [4.69, 9.17) is 9.47 Å². The first kappa shape index (κ1) is 23.7. The van der Waals surface area contributed by atoms with E-state index in [9.17, 15) is 9.18 Å². The van der Waals surface area contributed by atoms with Crippen molar-refractivity contribution in [1.82, 2.24) is 19.9 Å². The average Bonchev–Trinajstić information content (AvgIpc) is 2.82. The fraction of sp³-hybridized carbons (Fsp3) is 0.375. The molecule has 2 aliphatic rings. The first-order valence-electron chi connectivity index (χ1n) is 11.5. The third-order valence-electron chi connectivity index (χ3n) is 5.75. The van der Waals surface area contributed by atoms with Crippen LogP contribution >= 0.6 is 0 Å². The second-order valence-corrected chi connectivity index (χ2v) is 9.68. The van der Waals surface area contributed by atoms with E-state index in [1.165, 1.54) is 0 Å². The zero-order valence-electron chi connectivity index (χ0n) is 20.4. The summed E-state index contributed by atoms with van der Waals surface area (Å²) in [6, 6.07) is 7.02. The summed E-state index contributed by atoms with van der Waals surface area (Å²) in [5.41, 5.74) is -0.586. The van der Waals surface area contributed by atoms with Crippen molar-refractivity contribution >= 4 is 40.8 Å². The molecule has 188 valence electrons. The predicted molar refractivity (Wildman–Crippen MR) is 133 cm³/mol. The van der Waals surface area contributed by atoms with Crippen molar-refractivity contribution in [3.05, 3.63) is 42.5 Å². The Kier molecular flexibility index (Phi) is 5.83. The number of ether oxygens (including phenoxy) is 2. The van der Waals surface area contributed by atoms with Crippen molar-refractivity contribution in [2.45, 2.75) is 38.9 Å². The van der Waals surface area contributed by atoms with E-state index in [0.717, 1.165) is 25.1 Å². The molecule has 0 bridgehead atoms. The van der Waals surface area contributed by atoms with Gasteiger partial charge in [-0.15, -0.1) is 0 Å². The molecule has 0 unspecified atom stereocenters. The minimum Gasteiger partial charge on any atom is -0.474 e. The summed E-state index contributed by atoms with van der Waals surface area (Å²) in [7, 11) is 0. The van der Waals surface area contributed by atoms with Crippen LogP contribution in [0.3, 0.4) is 0 Å². The zero-order valence-corrected chi connectivity index (χ0v) is 20.4. The number of fused-ring (bicyclic) bond motifs is 1. The number of carbonyl (C=O) groups is 1. The van der Waals surface area contributed by atoms with Gasteiger partial charge in [0, 0.05) is 13.1 Å². The molecule has 12 heteroatoms. The van der Waals surface area contributed by atoms with Crippen LogP contribution in [0.2, 0.25) is 0 Å². The molecule has 0 aromatic carbocycles. The second-order valence-electron chi connectivity index (χ2n) is 9.68. The first-order valence-corrected chi connectivity index (χ1v) is 11.5. The number of nitrogens with one attached hydrogen (secondary N) is 3. The first-order chi connectivity index (χ1) is 17.1. The third-order valence-corrected chi connectivity index (χ3v) is 5.75. The molecule has 1 amide bonds. The number of halogens is 1. The van der Waals surface area contributed by atoms with Gasteiger partial charge in [-0.3, -0.25) is 4.79 Å². The van der Waals surface area contributed by atoms with Crippen LogP contribution in [0.5, 0.6) is 5.75 Å². The molecule has 1 saturated heterocycles. The molecule has 1 fully saturated rings. The molecular formula is C24H27FN8O3. The Balaban J connectivity index is 1.29. The minimum absolute atomic E-state index is 0.0801. The van der Waals surface area contributed by atoms with Gasteiger partial charge >= 0.3 is 0 Å². The summed E-state index contributed by atoms with van der Waals surface area (Å²) >= 11 is 0. The van der Waals surface area contributed by atoms with Crippen LogP contribution in [-0.4, -0.2) is 56.7 Å². The molecule has 0 atom stereocenters. The number of morpholine rings is 1. The van der Waals surface area contributed by atoms with Gasteiger partial charge in [0.2, 0.25) is 5.95 Å². The fourth-order valence-corrected chi connectivity index (χ4v) is 3.89. The van der Waals surface area contributed by atoms with E-state index in [1.807, 2.05) is 12.1 Å². The maximum atomic E-state index is 14.5. The number of rotatable bonds is 5. The molecule has 5 heterocycles. The normalized spacial score (nSPS) is 18.0. The smallest absolute Gasteiger partial charge is 0.269 e. The van der Waals surface area contributed by atoms with Crippen molar-refractivity contribution in [1.29, 1.82) is 0 Å². The van der Waals surface area contributed by atoms with E-state index >= 15 is 0 Å². The van der Waals surface area contributed by atoms with E-state index < -0.39 is 11.4 Å². The number of hydrogen-bond donors (Lipinski definition) is 3. The van der Waals surface area contributed by atoms with Gasteiger partial charge in [-0.1, -0.05) is 0 Å². The van der Waals surface area contributed by atoms with Gasteiger partial charge in [0.15, 0.2) is 28.8 Å². The fourth-order valence-electron chi connectivity index (χ4n) is 3.89. The highest BCUT2D eigenvalue weighted by molar-refractivity contribution is 5.99. The summed E-state index contributed by atoms with van der Waals surface area (Å²) in [5.74, 6) is 0.902. The van der Waals surface area contributed by atoms with E-state index in [-0.39, 0.29) is 34.9 Å². The Morgan fingerprint density at radius 3 is 2.64 bits per heavy atom. The van der Waals surface area contributed by atoms with Crippen LogP contribution in [0.1, 0.15) is 27.7 Å². The number of carbonyl (C=O) groups excluding carboxylic acids is 1.